The summed E-state index contributed by atoms with van der Waals surface area (Å²) in [4.78, 5) is 18.8. The summed E-state index contributed by atoms with van der Waals surface area (Å²) in [6.45, 7) is 0.373. The Morgan fingerprint density at radius 3 is 2.48 bits per heavy atom. The van der Waals surface area contributed by atoms with E-state index >= 15 is 0 Å². The van der Waals surface area contributed by atoms with Crippen LogP contribution in [0.15, 0.2) is 61.3 Å². The average molecular weight is 337 g/mol. The Morgan fingerprint density at radius 1 is 1.16 bits per heavy atom. The van der Waals surface area contributed by atoms with Gasteiger partial charge in [-0.3, -0.25) is 14.3 Å². The van der Waals surface area contributed by atoms with Crippen LogP contribution in [0.2, 0.25) is 0 Å². The topological polar surface area (TPSA) is 73.1 Å². The first-order chi connectivity index (χ1) is 12.2. The summed E-state index contributed by atoms with van der Waals surface area (Å²) in [6.07, 6.45) is 4.93. The van der Waals surface area contributed by atoms with Gasteiger partial charge in [-0.2, -0.15) is 0 Å². The highest BCUT2D eigenvalue weighted by Crippen LogP contribution is 2.20. The van der Waals surface area contributed by atoms with Crippen molar-refractivity contribution < 1.29 is 9.53 Å². The van der Waals surface area contributed by atoms with E-state index in [4.69, 9.17) is 4.74 Å². The summed E-state index contributed by atoms with van der Waals surface area (Å²) in [5, 5.41) is 7.56. The minimum atomic E-state index is -0.253. The van der Waals surface area contributed by atoms with E-state index in [9.17, 15) is 4.79 Å². The molecular formula is C18H19N5O2. The maximum absolute atomic E-state index is 12.8. The largest absolute Gasteiger partial charge is 0.382 e. The summed E-state index contributed by atoms with van der Waals surface area (Å²) in [7, 11) is 3.37. The molecule has 128 valence electrons. The number of pyridine rings is 1. The van der Waals surface area contributed by atoms with E-state index in [0.29, 0.717) is 12.2 Å². The van der Waals surface area contributed by atoms with Gasteiger partial charge in [-0.1, -0.05) is 6.07 Å². The molecule has 0 radical (unpaired) electrons. The second-order valence-electron chi connectivity index (χ2n) is 5.56. The molecule has 0 saturated heterocycles. The van der Waals surface area contributed by atoms with Crippen molar-refractivity contribution in [2.75, 3.05) is 20.8 Å². The molecule has 3 aromatic rings. The smallest absolute Gasteiger partial charge is 0.254 e. The monoisotopic (exact) mass is 337 g/mol. The van der Waals surface area contributed by atoms with Gasteiger partial charge in [-0.25, -0.2) is 0 Å². The van der Waals surface area contributed by atoms with Crippen molar-refractivity contribution in [1.82, 2.24) is 24.6 Å². The van der Waals surface area contributed by atoms with Crippen LogP contribution in [0.25, 0.3) is 5.69 Å². The molecular weight excluding hydrogens is 318 g/mol. The summed E-state index contributed by atoms with van der Waals surface area (Å²) in [6, 6.07) is 12.7. The minimum Gasteiger partial charge on any atom is -0.382 e. The Labute approximate surface area is 145 Å². The molecule has 1 aromatic carbocycles. The van der Waals surface area contributed by atoms with Crippen molar-refractivity contribution in [3.05, 3.63) is 72.6 Å². The number of hydrogen-bond acceptors (Lipinski definition) is 5. The molecule has 0 spiro atoms. The van der Waals surface area contributed by atoms with Gasteiger partial charge < -0.3 is 9.64 Å². The van der Waals surface area contributed by atoms with Crippen LogP contribution < -0.4 is 0 Å². The Bertz CT molecular complexity index is 803. The molecule has 7 nitrogen and oxygen atoms in total. The van der Waals surface area contributed by atoms with Crippen molar-refractivity contribution in [3.63, 3.8) is 0 Å². The van der Waals surface area contributed by atoms with Crippen molar-refractivity contribution in [1.29, 1.82) is 0 Å². The summed E-state index contributed by atoms with van der Waals surface area (Å²) in [5.74, 6) is -0.0944. The molecule has 0 fully saturated rings. The molecule has 3 rings (SSSR count). The molecule has 25 heavy (non-hydrogen) atoms. The lowest BCUT2D eigenvalue weighted by Crippen LogP contribution is -2.34. The van der Waals surface area contributed by atoms with Crippen LogP contribution in [-0.4, -0.2) is 51.3 Å². The van der Waals surface area contributed by atoms with Gasteiger partial charge in [-0.15, -0.1) is 10.2 Å². The highest BCUT2D eigenvalue weighted by atomic mass is 16.5. The highest BCUT2D eigenvalue weighted by Gasteiger charge is 2.23. The van der Waals surface area contributed by atoms with E-state index in [1.807, 2.05) is 30.3 Å². The Morgan fingerprint density at radius 2 is 1.88 bits per heavy atom. The molecule has 0 bridgehead atoms. The van der Waals surface area contributed by atoms with Crippen LogP contribution >= 0.6 is 0 Å². The van der Waals surface area contributed by atoms with Gasteiger partial charge in [-0.05, 0) is 36.4 Å². The SMILES string of the molecule is COCC(c1ccccn1)N(C)C(=O)c1ccc(-n2cnnc2)cc1. The molecule has 0 saturated carbocycles. The predicted octanol–water partition coefficient (Wildman–Crippen LogP) is 2.12. The summed E-state index contributed by atoms with van der Waals surface area (Å²) < 4.78 is 7.06. The molecule has 0 N–H and O–H groups in total. The van der Waals surface area contributed by atoms with Crippen LogP contribution in [0, 0.1) is 0 Å². The summed E-state index contributed by atoms with van der Waals surface area (Å²) in [5.41, 5.74) is 2.28. The minimum absolute atomic E-state index is 0.0944. The molecule has 1 atom stereocenters. The van der Waals surface area contributed by atoms with Gasteiger partial charge in [0.05, 0.1) is 18.3 Å². The predicted molar refractivity (Wildman–Crippen MR) is 92.3 cm³/mol. The first-order valence-electron chi connectivity index (χ1n) is 7.83. The lowest BCUT2D eigenvalue weighted by Gasteiger charge is -2.27. The number of amides is 1. The van der Waals surface area contributed by atoms with Crippen molar-refractivity contribution >= 4 is 5.91 Å². The maximum atomic E-state index is 12.8. The second-order valence-corrected chi connectivity index (χ2v) is 5.56. The van der Waals surface area contributed by atoms with E-state index in [2.05, 4.69) is 15.2 Å². The van der Waals surface area contributed by atoms with Crippen molar-refractivity contribution in [2.24, 2.45) is 0 Å². The van der Waals surface area contributed by atoms with E-state index in [1.54, 1.807) is 54.6 Å². The fraction of sp³-hybridized carbons (Fsp3) is 0.222. The number of likely N-dealkylation sites (N-methyl/N-ethyl adjacent to an activating group) is 1. The van der Waals surface area contributed by atoms with E-state index in [0.717, 1.165) is 11.4 Å². The molecule has 2 heterocycles. The zero-order valence-electron chi connectivity index (χ0n) is 14.1. The number of nitrogens with zero attached hydrogens (tertiary/aromatic N) is 5. The van der Waals surface area contributed by atoms with Crippen LogP contribution in [0.1, 0.15) is 22.1 Å². The molecule has 7 heteroatoms. The van der Waals surface area contributed by atoms with E-state index < -0.39 is 0 Å². The number of benzene rings is 1. The van der Waals surface area contributed by atoms with Gasteiger partial charge >= 0.3 is 0 Å². The molecule has 2 aromatic heterocycles. The third kappa shape index (κ3) is 3.72. The van der Waals surface area contributed by atoms with Crippen molar-refractivity contribution in [2.45, 2.75) is 6.04 Å². The second kappa shape index (κ2) is 7.67. The molecule has 0 aliphatic carbocycles. The lowest BCUT2D eigenvalue weighted by atomic mass is 10.1. The zero-order chi connectivity index (χ0) is 17.6. The highest BCUT2D eigenvalue weighted by molar-refractivity contribution is 5.94. The molecule has 0 aliphatic heterocycles. The van der Waals surface area contributed by atoms with Gasteiger partial charge in [0.25, 0.3) is 5.91 Å². The molecule has 0 aliphatic rings. The standard InChI is InChI=1S/C18H19N5O2/c1-22(17(11-25-2)16-5-3-4-10-19-16)18(24)14-6-8-15(9-7-14)23-12-20-21-13-23/h3-10,12-13,17H,11H2,1-2H3. The van der Waals surface area contributed by atoms with Crippen LogP contribution in [-0.2, 0) is 4.74 Å². The fourth-order valence-electron chi connectivity index (χ4n) is 2.58. The van der Waals surface area contributed by atoms with Crippen LogP contribution in [0.5, 0.6) is 0 Å². The normalized spacial score (nSPS) is 11.9. The number of hydrogen-bond donors (Lipinski definition) is 0. The number of methoxy groups -OCH3 is 1. The number of rotatable bonds is 6. The molecule has 1 unspecified atom stereocenters. The Balaban J connectivity index is 1.80. The van der Waals surface area contributed by atoms with Gasteiger partial charge in [0.2, 0.25) is 0 Å². The maximum Gasteiger partial charge on any atom is 0.254 e. The zero-order valence-corrected chi connectivity index (χ0v) is 14.1. The number of carbonyl (C=O) groups is 1. The Hall–Kier alpha value is -3.06. The summed E-state index contributed by atoms with van der Waals surface area (Å²) >= 11 is 0. The van der Waals surface area contributed by atoms with Gasteiger partial charge in [0, 0.05) is 31.6 Å². The third-order valence-electron chi connectivity index (χ3n) is 3.97. The average Bonchev–Trinajstić information content (AvgIpc) is 3.20. The van der Waals surface area contributed by atoms with E-state index in [1.165, 1.54) is 0 Å². The number of ether oxygens (including phenoxy) is 1. The number of carbonyl (C=O) groups excluding carboxylic acids is 1. The quantitative estimate of drug-likeness (QED) is 0.689. The number of aromatic nitrogens is 4. The first kappa shape index (κ1) is 16.8. The van der Waals surface area contributed by atoms with Gasteiger partial charge in [0.1, 0.15) is 12.7 Å². The van der Waals surface area contributed by atoms with Crippen LogP contribution in [0.4, 0.5) is 0 Å². The Kier molecular flexibility index (Phi) is 5.15. The lowest BCUT2D eigenvalue weighted by molar-refractivity contribution is 0.0595. The third-order valence-corrected chi connectivity index (χ3v) is 3.97. The molecule has 1 amide bonds. The van der Waals surface area contributed by atoms with Crippen LogP contribution in [0.3, 0.4) is 0 Å². The first-order valence-corrected chi connectivity index (χ1v) is 7.83. The van der Waals surface area contributed by atoms with E-state index in [-0.39, 0.29) is 11.9 Å². The fourth-order valence-corrected chi connectivity index (χ4v) is 2.58. The van der Waals surface area contributed by atoms with Gasteiger partial charge in [0.15, 0.2) is 0 Å². The van der Waals surface area contributed by atoms with Crippen molar-refractivity contribution in [3.8, 4) is 5.69 Å².